The molecule has 1 aliphatic carbocycles. The number of piperazine rings is 1. The molecule has 1 aliphatic heterocycles. The number of rotatable bonds is 6. The van der Waals surface area contributed by atoms with Crippen LogP contribution in [-0.4, -0.2) is 60.1 Å². The summed E-state index contributed by atoms with van der Waals surface area (Å²) in [5, 5.41) is 3.71. The first-order chi connectivity index (χ1) is 16.6. The molecule has 34 heavy (non-hydrogen) atoms. The van der Waals surface area contributed by atoms with Crippen LogP contribution in [0.25, 0.3) is 0 Å². The monoisotopic (exact) mass is 477 g/mol. The van der Waals surface area contributed by atoms with Crippen LogP contribution in [0.3, 0.4) is 0 Å². The number of nitrogens with one attached hydrogen (secondary N) is 1. The molecule has 8 heteroatoms. The number of aryl methyl sites for hydroxylation is 1. The third-order valence-electron chi connectivity index (χ3n) is 6.45. The predicted molar refractivity (Wildman–Crippen MR) is 131 cm³/mol. The second-order valence-electron chi connectivity index (χ2n) is 8.70. The van der Waals surface area contributed by atoms with Crippen LogP contribution < -0.4 is 5.32 Å². The van der Waals surface area contributed by atoms with E-state index < -0.39 is 0 Å². The second-order valence-corrected chi connectivity index (χ2v) is 9.81. The van der Waals surface area contributed by atoms with Gasteiger partial charge in [-0.1, -0.05) is 30.3 Å². The van der Waals surface area contributed by atoms with Gasteiger partial charge in [-0.05, 0) is 43.4 Å². The minimum absolute atomic E-state index is 0.0275. The molecule has 0 atom stereocenters. The highest BCUT2D eigenvalue weighted by molar-refractivity contribution is 7.17. The summed E-state index contributed by atoms with van der Waals surface area (Å²) < 4.78 is 5.21. The molecular weight excluding hydrogens is 450 g/mol. The lowest BCUT2D eigenvalue weighted by Gasteiger charge is -2.33. The van der Waals surface area contributed by atoms with E-state index in [0.29, 0.717) is 48.1 Å². The number of hydrogen-bond donors (Lipinski definition) is 1. The van der Waals surface area contributed by atoms with Crippen LogP contribution in [0, 0.1) is 0 Å². The van der Waals surface area contributed by atoms with Crippen LogP contribution in [-0.2, 0) is 17.6 Å². The van der Waals surface area contributed by atoms with E-state index in [-0.39, 0.29) is 24.1 Å². The number of furan rings is 1. The van der Waals surface area contributed by atoms with Crippen molar-refractivity contribution in [3.8, 4) is 0 Å². The van der Waals surface area contributed by atoms with Crippen molar-refractivity contribution in [2.24, 2.45) is 0 Å². The Labute approximate surface area is 202 Å². The highest BCUT2D eigenvalue weighted by Crippen LogP contribution is 2.39. The molecule has 0 spiro atoms. The first kappa shape index (κ1) is 22.6. The SMILES string of the molecule is O=C(CN1CCN(C(=O)c2ccco2)CC1)Nc1sc2c(c1C(=O)c1ccccc1)CCCC2. The fourth-order valence-electron chi connectivity index (χ4n) is 4.66. The first-order valence-corrected chi connectivity index (χ1v) is 12.5. The van der Waals surface area contributed by atoms with E-state index in [1.165, 1.54) is 11.1 Å². The Balaban J connectivity index is 1.25. The van der Waals surface area contributed by atoms with Crippen molar-refractivity contribution in [3.05, 3.63) is 76.1 Å². The lowest BCUT2D eigenvalue weighted by Crippen LogP contribution is -2.50. The van der Waals surface area contributed by atoms with Crippen molar-refractivity contribution in [2.45, 2.75) is 25.7 Å². The summed E-state index contributed by atoms with van der Waals surface area (Å²) >= 11 is 1.54. The molecule has 0 bridgehead atoms. The van der Waals surface area contributed by atoms with E-state index in [4.69, 9.17) is 4.42 Å². The van der Waals surface area contributed by atoms with Crippen LogP contribution in [0.2, 0.25) is 0 Å². The molecule has 2 aliphatic rings. The van der Waals surface area contributed by atoms with E-state index in [1.807, 2.05) is 35.2 Å². The van der Waals surface area contributed by atoms with E-state index in [9.17, 15) is 14.4 Å². The normalized spacial score (nSPS) is 16.2. The summed E-state index contributed by atoms with van der Waals surface area (Å²) in [4.78, 5) is 43.8. The Kier molecular flexibility index (Phi) is 6.60. The molecule has 0 unspecified atom stereocenters. The Bertz CT molecular complexity index is 1180. The molecule has 176 valence electrons. The van der Waals surface area contributed by atoms with Gasteiger partial charge in [0.05, 0.1) is 18.4 Å². The summed E-state index contributed by atoms with van der Waals surface area (Å²) in [5.41, 5.74) is 2.40. The molecular formula is C26H27N3O4S. The van der Waals surface area contributed by atoms with Crippen molar-refractivity contribution < 1.29 is 18.8 Å². The van der Waals surface area contributed by atoms with Gasteiger partial charge in [-0.2, -0.15) is 0 Å². The standard InChI is InChI=1S/C26H27N3O4S/c30-22(17-28-12-14-29(15-13-28)26(32)20-10-6-16-33-20)27-25-23(19-9-4-5-11-21(19)34-25)24(31)18-7-2-1-3-8-18/h1-3,6-8,10,16H,4-5,9,11-15,17H2,(H,27,30). The van der Waals surface area contributed by atoms with Gasteiger partial charge >= 0.3 is 0 Å². The minimum Gasteiger partial charge on any atom is -0.459 e. The van der Waals surface area contributed by atoms with Gasteiger partial charge in [0.25, 0.3) is 5.91 Å². The third-order valence-corrected chi connectivity index (χ3v) is 7.65. The smallest absolute Gasteiger partial charge is 0.289 e. The van der Waals surface area contributed by atoms with E-state index in [1.54, 1.807) is 28.4 Å². The number of anilines is 1. The number of thiophene rings is 1. The first-order valence-electron chi connectivity index (χ1n) is 11.7. The summed E-state index contributed by atoms with van der Waals surface area (Å²) in [6, 6.07) is 12.6. The average Bonchev–Trinajstić information content (AvgIpc) is 3.52. The average molecular weight is 478 g/mol. The lowest BCUT2D eigenvalue weighted by atomic mass is 9.92. The Morgan fingerprint density at radius 2 is 1.71 bits per heavy atom. The molecule has 2 amide bonds. The Hall–Kier alpha value is -3.23. The largest absolute Gasteiger partial charge is 0.459 e. The van der Waals surface area contributed by atoms with Crippen molar-refractivity contribution in [1.29, 1.82) is 0 Å². The highest BCUT2D eigenvalue weighted by Gasteiger charge is 2.28. The Morgan fingerprint density at radius 3 is 2.44 bits per heavy atom. The summed E-state index contributed by atoms with van der Waals surface area (Å²) in [7, 11) is 0. The van der Waals surface area contributed by atoms with Gasteiger partial charge in [0, 0.05) is 36.6 Å². The highest BCUT2D eigenvalue weighted by atomic mass is 32.1. The van der Waals surface area contributed by atoms with E-state index in [0.717, 1.165) is 31.2 Å². The molecule has 1 saturated heterocycles. The molecule has 1 fully saturated rings. The number of amides is 2. The van der Waals surface area contributed by atoms with Gasteiger partial charge in [-0.3, -0.25) is 19.3 Å². The summed E-state index contributed by atoms with van der Waals surface area (Å²) in [6.45, 7) is 2.52. The summed E-state index contributed by atoms with van der Waals surface area (Å²) in [5.74, 6) is 0.0534. The lowest BCUT2D eigenvalue weighted by molar-refractivity contribution is -0.117. The number of benzene rings is 1. The van der Waals surface area contributed by atoms with Crippen molar-refractivity contribution in [3.63, 3.8) is 0 Å². The predicted octanol–water partition coefficient (Wildman–Crippen LogP) is 3.85. The number of hydrogen-bond acceptors (Lipinski definition) is 6. The van der Waals surface area contributed by atoms with Crippen molar-refractivity contribution in [2.75, 3.05) is 38.0 Å². The van der Waals surface area contributed by atoms with Gasteiger partial charge in [0.1, 0.15) is 5.00 Å². The van der Waals surface area contributed by atoms with Crippen LogP contribution in [0.1, 0.15) is 49.8 Å². The second kappa shape index (κ2) is 9.95. The third kappa shape index (κ3) is 4.69. The van der Waals surface area contributed by atoms with Gasteiger partial charge in [-0.25, -0.2) is 0 Å². The van der Waals surface area contributed by atoms with E-state index in [2.05, 4.69) is 5.32 Å². The van der Waals surface area contributed by atoms with Crippen LogP contribution in [0.5, 0.6) is 0 Å². The number of carbonyl (C=O) groups is 3. The molecule has 5 rings (SSSR count). The maximum Gasteiger partial charge on any atom is 0.289 e. The number of fused-ring (bicyclic) bond motifs is 1. The molecule has 3 aromatic rings. The molecule has 3 heterocycles. The quantitative estimate of drug-likeness (QED) is 0.546. The molecule has 1 aromatic carbocycles. The fourth-order valence-corrected chi connectivity index (χ4v) is 5.97. The number of nitrogens with zero attached hydrogens (tertiary/aromatic N) is 2. The van der Waals surface area contributed by atoms with Crippen molar-refractivity contribution >= 4 is 33.9 Å². The fraction of sp³-hybridized carbons (Fsp3) is 0.346. The number of ketones is 1. The van der Waals surface area contributed by atoms with Crippen LogP contribution in [0.4, 0.5) is 5.00 Å². The topological polar surface area (TPSA) is 82.9 Å². The van der Waals surface area contributed by atoms with Gasteiger partial charge in [0.15, 0.2) is 11.5 Å². The van der Waals surface area contributed by atoms with Crippen LogP contribution in [0.15, 0.2) is 53.1 Å². The van der Waals surface area contributed by atoms with Gasteiger partial charge in [-0.15, -0.1) is 11.3 Å². The van der Waals surface area contributed by atoms with Crippen LogP contribution >= 0.6 is 11.3 Å². The van der Waals surface area contributed by atoms with E-state index >= 15 is 0 Å². The zero-order chi connectivity index (χ0) is 23.5. The summed E-state index contributed by atoms with van der Waals surface area (Å²) in [6.07, 6.45) is 5.50. The zero-order valence-electron chi connectivity index (χ0n) is 18.9. The molecule has 0 radical (unpaired) electrons. The molecule has 2 aromatic heterocycles. The number of carbonyl (C=O) groups excluding carboxylic acids is 3. The minimum atomic E-state index is -0.133. The Morgan fingerprint density at radius 1 is 0.941 bits per heavy atom. The van der Waals surface area contributed by atoms with Gasteiger partial charge in [0.2, 0.25) is 5.91 Å². The molecule has 7 nitrogen and oxygen atoms in total. The zero-order valence-corrected chi connectivity index (χ0v) is 19.7. The molecule has 0 saturated carbocycles. The maximum absolute atomic E-state index is 13.4. The maximum atomic E-state index is 13.4. The van der Waals surface area contributed by atoms with Crippen molar-refractivity contribution in [1.82, 2.24) is 9.80 Å². The molecule has 1 N–H and O–H groups in total. The van der Waals surface area contributed by atoms with Gasteiger partial charge < -0.3 is 14.6 Å².